The molecule has 3 unspecified atom stereocenters. The van der Waals surface area contributed by atoms with Crippen LogP contribution in [0.25, 0.3) is 0 Å². The minimum atomic E-state index is -0.786. The van der Waals surface area contributed by atoms with Gasteiger partial charge >= 0.3 is 5.97 Å². The molecule has 3 atom stereocenters. The smallest absolute Gasteiger partial charge is 0.307 e. The van der Waals surface area contributed by atoms with E-state index >= 15 is 0 Å². The van der Waals surface area contributed by atoms with E-state index in [9.17, 15) is 9.90 Å². The highest BCUT2D eigenvalue weighted by atomic mass is 16.4. The van der Waals surface area contributed by atoms with Gasteiger partial charge in [0.1, 0.15) is 0 Å². The molecule has 20 heavy (non-hydrogen) atoms. The Hall–Kier alpha value is -1.39. The molecule has 0 aromatic heterocycles. The van der Waals surface area contributed by atoms with Crippen LogP contribution in [0.1, 0.15) is 24.0 Å². The first-order valence-electron chi connectivity index (χ1n) is 7.32. The van der Waals surface area contributed by atoms with Gasteiger partial charge in [0, 0.05) is 25.6 Å². The van der Waals surface area contributed by atoms with Crippen molar-refractivity contribution in [3.8, 4) is 0 Å². The number of carboxylic acid groups (broad SMARTS) is 1. The van der Waals surface area contributed by atoms with Gasteiger partial charge in [-0.25, -0.2) is 0 Å². The highest BCUT2D eigenvalue weighted by molar-refractivity contribution is 5.70. The van der Waals surface area contributed by atoms with Gasteiger partial charge in [0.15, 0.2) is 0 Å². The van der Waals surface area contributed by atoms with Crippen LogP contribution in [-0.2, 0) is 17.8 Å². The van der Waals surface area contributed by atoms with Crippen LogP contribution in [0.3, 0.4) is 0 Å². The van der Waals surface area contributed by atoms with Gasteiger partial charge in [-0.3, -0.25) is 9.69 Å². The molecule has 0 bridgehead atoms. The van der Waals surface area contributed by atoms with Crippen molar-refractivity contribution >= 4 is 5.97 Å². The molecular weight excluding hydrogens is 254 g/mol. The maximum Gasteiger partial charge on any atom is 0.307 e. The van der Waals surface area contributed by atoms with Crippen LogP contribution in [0.5, 0.6) is 0 Å². The highest BCUT2D eigenvalue weighted by Crippen LogP contribution is 2.38. The lowest BCUT2D eigenvalue weighted by Gasteiger charge is -2.19. The van der Waals surface area contributed by atoms with E-state index in [-0.39, 0.29) is 12.5 Å². The topological polar surface area (TPSA) is 60.8 Å². The minimum absolute atomic E-state index is 0.0828. The van der Waals surface area contributed by atoms with Crippen LogP contribution in [0.4, 0.5) is 0 Å². The van der Waals surface area contributed by atoms with Gasteiger partial charge < -0.3 is 10.2 Å². The Kier molecular flexibility index (Phi) is 3.76. The number of benzene rings is 1. The number of aliphatic hydroxyl groups is 1. The molecule has 4 nitrogen and oxygen atoms in total. The van der Waals surface area contributed by atoms with Gasteiger partial charge in [0.2, 0.25) is 0 Å². The lowest BCUT2D eigenvalue weighted by Crippen LogP contribution is -2.25. The molecule has 2 aliphatic rings. The number of likely N-dealkylation sites (tertiary alicyclic amines) is 1. The summed E-state index contributed by atoms with van der Waals surface area (Å²) < 4.78 is 0. The fraction of sp³-hybridized carbons (Fsp3) is 0.562. The average Bonchev–Trinajstić information content (AvgIpc) is 2.94. The van der Waals surface area contributed by atoms with Crippen LogP contribution in [0, 0.1) is 11.8 Å². The summed E-state index contributed by atoms with van der Waals surface area (Å²) in [5, 5.41) is 18.9. The van der Waals surface area contributed by atoms with E-state index in [0.29, 0.717) is 11.8 Å². The summed E-state index contributed by atoms with van der Waals surface area (Å²) in [5.74, 6) is 0.254. The van der Waals surface area contributed by atoms with E-state index in [1.807, 2.05) is 24.3 Å². The molecule has 3 rings (SSSR count). The van der Waals surface area contributed by atoms with Crippen molar-refractivity contribution in [1.29, 1.82) is 0 Å². The van der Waals surface area contributed by atoms with Crippen molar-refractivity contribution < 1.29 is 15.0 Å². The maximum absolute atomic E-state index is 10.9. The Morgan fingerprint density at radius 2 is 1.95 bits per heavy atom. The monoisotopic (exact) mass is 275 g/mol. The second-order valence-corrected chi connectivity index (χ2v) is 6.10. The Balaban J connectivity index is 1.68. The van der Waals surface area contributed by atoms with Crippen LogP contribution in [0.15, 0.2) is 24.3 Å². The van der Waals surface area contributed by atoms with Crippen molar-refractivity contribution in [1.82, 2.24) is 4.90 Å². The number of hydrogen-bond donors (Lipinski definition) is 2. The molecule has 0 amide bonds. The fourth-order valence-electron chi connectivity index (χ4n) is 3.75. The van der Waals surface area contributed by atoms with E-state index in [1.165, 1.54) is 0 Å². The van der Waals surface area contributed by atoms with Crippen molar-refractivity contribution in [3.05, 3.63) is 35.4 Å². The van der Waals surface area contributed by atoms with E-state index in [0.717, 1.165) is 43.6 Å². The normalized spacial score (nSPS) is 29.6. The second-order valence-electron chi connectivity index (χ2n) is 6.10. The predicted octanol–water partition coefficient (Wildman–Crippen LogP) is 1.52. The molecule has 1 saturated carbocycles. The Morgan fingerprint density at radius 3 is 2.65 bits per heavy atom. The predicted molar refractivity (Wildman–Crippen MR) is 75.3 cm³/mol. The Bertz CT molecular complexity index is 502. The third-order valence-electron chi connectivity index (χ3n) is 4.75. The molecule has 0 radical (unpaired) electrons. The number of aliphatic hydroxyl groups excluding tert-OH is 1. The van der Waals surface area contributed by atoms with Gasteiger partial charge in [0.25, 0.3) is 0 Å². The molecular formula is C16H21NO3. The molecule has 1 heterocycles. The molecule has 0 spiro atoms. The quantitative estimate of drug-likeness (QED) is 0.874. The largest absolute Gasteiger partial charge is 0.481 e. The summed E-state index contributed by atoms with van der Waals surface area (Å²) in [6, 6.07) is 7.77. The molecule has 1 aliphatic carbocycles. The zero-order valence-corrected chi connectivity index (χ0v) is 11.5. The number of fused-ring (bicyclic) bond motifs is 1. The van der Waals surface area contributed by atoms with Crippen molar-refractivity contribution in [3.63, 3.8) is 0 Å². The molecule has 2 N–H and O–H groups in total. The number of nitrogens with zero attached hydrogens (tertiary/aromatic N) is 1. The van der Waals surface area contributed by atoms with Crippen LogP contribution in [0.2, 0.25) is 0 Å². The molecule has 2 fully saturated rings. The van der Waals surface area contributed by atoms with E-state index in [1.54, 1.807) is 0 Å². The van der Waals surface area contributed by atoms with Crippen molar-refractivity contribution in [2.45, 2.75) is 31.9 Å². The zero-order chi connectivity index (χ0) is 14.1. The summed E-state index contributed by atoms with van der Waals surface area (Å²) >= 11 is 0. The number of carbonyl (C=O) groups is 1. The first kappa shape index (κ1) is 13.6. The first-order chi connectivity index (χ1) is 9.63. The summed E-state index contributed by atoms with van der Waals surface area (Å²) in [6.07, 6.45) is 2.01. The van der Waals surface area contributed by atoms with Gasteiger partial charge in [-0.15, -0.1) is 0 Å². The number of rotatable bonds is 4. The molecule has 4 heteroatoms. The molecule has 1 saturated heterocycles. The van der Waals surface area contributed by atoms with Crippen LogP contribution in [-0.4, -0.2) is 40.3 Å². The summed E-state index contributed by atoms with van der Waals surface area (Å²) in [5.41, 5.74) is 2.00. The molecule has 1 aromatic carbocycles. The van der Waals surface area contributed by atoms with Crippen molar-refractivity contribution in [2.75, 3.05) is 13.1 Å². The van der Waals surface area contributed by atoms with Gasteiger partial charge in [-0.2, -0.15) is 0 Å². The van der Waals surface area contributed by atoms with Crippen LogP contribution < -0.4 is 0 Å². The second kappa shape index (κ2) is 5.54. The van der Waals surface area contributed by atoms with Crippen LogP contribution >= 0.6 is 0 Å². The Labute approximate surface area is 119 Å². The minimum Gasteiger partial charge on any atom is -0.481 e. The number of aliphatic carboxylic acids is 1. The van der Waals surface area contributed by atoms with E-state index in [2.05, 4.69) is 4.90 Å². The maximum atomic E-state index is 10.9. The van der Waals surface area contributed by atoms with Gasteiger partial charge in [-0.05, 0) is 29.9 Å². The highest BCUT2D eigenvalue weighted by Gasteiger charge is 2.41. The fourth-order valence-corrected chi connectivity index (χ4v) is 3.75. The lowest BCUT2D eigenvalue weighted by atomic mass is 10.00. The number of carboxylic acids is 1. The van der Waals surface area contributed by atoms with Gasteiger partial charge in [-0.1, -0.05) is 24.3 Å². The SMILES string of the molecule is O=C(O)Cc1ccccc1CN1CC2CCC(O)C2C1. The third-order valence-corrected chi connectivity index (χ3v) is 4.75. The van der Waals surface area contributed by atoms with E-state index in [4.69, 9.17) is 5.11 Å². The standard InChI is InChI=1S/C16H21NO3/c18-15-6-5-13-9-17(10-14(13)15)8-12-4-2-1-3-11(12)7-16(19)20/h1-4,13-15,18H,5-10H2,(H,19,20). The molecule has 1 aromatic rings. The zero-order valence-electron chi connectivity index (χ0n) is 11.5. The summed E-state index contributed by atoms with van der Waals surface area (Å²) in [4.78, 5) is 13.3. The number of hydrogen-bond acceptors (Lipinski definition) is 3. The summed E-state index contributed by atoms with van der Waals surface area (Å²) in [7, 11) is 0. The first-order valence-corrected chi connectivity index (χ1v) is 7.32. The molecule has 1 aliphatic heterocycles. The van der Waals surface area contributed by atoms with E-state index < -0.39 is 5.97 Å². The van der Waals surface area contributed by atoms with Crippen molar-refractivity contribution in [2.24, 2.45) is 11.8 Å². The van der Waals surface area contributed by atoms with Gasteiger partial charge in [0.05, 0.1) is 12.5 Å². The average molecular weight is 275 g/mol. The third kappa shape index (κ3) is 2.72. The molecule has 108 valence electrons. The Morgan fingerprint density at radius 1 is 1.20 bits per heavy atom. The lowest BCUT2D eigenvalue weighted by molar-refractivity contribution is -0.136. The summed E-state index contributed by atoms with van der Waals surface area (Å²) in [6.45, 7) is 2.76.